The molecule has 0 atom stereocenters. The Morgan fingerprint density at radius 2 is 1.63 bits per heavy atom. The Balaban J connectivity index is 1.38. The van der Waals surface area contributed by atoms with Crippen LogP contribution in [0.3, 0.4) is 0 Å². The van der Waals surface area contributed by atoms with Gasteiger partial charge < -0.3 is 24.0 Å². The van der Waals surface area contributed by atoms with Crippen molar-refractivity contribution in [3.05, 3.63) is 35.9 Å². The summed E-state index contributed by atoms with van der Waals surface area (Å²) in [4.78, 5) is 16.7. The third-order valence-electron chi connectivity index (χ3n) is 5.87. The van der Waals surface area contributed by atoms with Crippen LogP contribution in [0, 0.1) is 5.92 Å². The van der Waals surface area contributed by atoms with Gasteiger partial charge in [0.05, 0.1) is 0 Å². The molecule has 2 aliphatic heterocycles. The summed E-state index contributed by atoms with van der Waals surface area (Å²) in [5.41, 5.74) is 1.02. The standard InChI is InChI=1S/C21H32N2O4/c1-25-20(26-2)18-8-12-22(13-9-18)19-10-14-23(15-11-19)21(24)27-16-17-6-4-3-5-7-17/h3-7,18-20H,8-16H2,1-2H3. The number of likely N-dealkylation sites (tertiary alicyclic amines) is 2. The smallest absolute Gasteiger partial charge is 0.410 e. The Morgan fingerprint density at radius 3 is 2.22 bits per heavy atom. The predicted octanol–water partition coefficient (Wildman–Crippen LogP) is 3.12. The van der Waals surface area contributed by atoms with Gasteiger partial charge in [-0.2, -0.15) is 0 Å². The highest BCUT2D eigenvalue weighted by Gasteiger charge is 2.32. The van der Waals surface area contributed by atoms with Crippen LogP contribution in [0.2, 0.25) is 0 Å². The van der Waals surface area contributed by atoms with Crippen LogP contribution in [-0.4, -0.2) is 68.6 Å². The van der Waals surface area contributed by atoms with E-state index in [9.17, 15) is 4.79 Å². The fraction of sp³-hybridized carbons (Fsp3) is 0.667. The number of piperidine rings is 2. The van der Waals surface area contributed by atoms with Crippen LogP contribution >= 0.6 is 0 Å². The molecular formula is C21H32N2O4. The minimum Gasteiger partial charge on any atom is -0.445 e. The van der Waals surface area contributed by atoms with Crippen LogP contribution in [0.1, 0.15) is 31.2 Å². The number of hydrogen-bond donors (Lipinski definition) is 0. The maximum absolute atomic E-state index is 12.3. The second kappa shape index (κ2) is 10.1. The molecule has 0 aliphatic carbocycles. The molecule has 150 valence electrons. The summed E-state index contributed by atoms with van der Waals surface area (Å²) in [7, 11) is 3.43. The van der Waals surface area contributed by atoms with E-state index < -0.39 is 0 Å². The molecule has 2 saturated heterocycles. The van der Waals surface area contributed by atoms with E-state index in [-0.39, 0.29) is 12.4 Å². The molecule has 0 radical (unpaired) electrons. The lowest BCUT2D eigenvalue weighted by Gasteiger charge is -2.42. The number of amides is 1. The van der Waals surface area contributed by atoms with E-state index in [4.69, 9.17) is 14.2 Å². The van der Waals surface area contributed by atoms with Crippen LogP contribution in [0.15, 0.2) is 30.3 Å². The molecule has 0 N–H and O–H groups in total. The van der Waals surface area contributed by atoms with E-state index in [1.807, 2.05) is 35.2 Å². The molecule has 2 fully saturated rings. The minimum absolute atomic E-state index is 0.0895. The normalized spacial score (nSPS) is 20.2. The summed E-state index contributed by atoms with van der Waals surface area (Å²) in [5, 5.41) is 0. The van der Waals surface area contributed by atoms with E-state index in [1.54, 1.807) is 14.2 Å². The molecular weight excluding hydrogens is 344 g/mol. The molecule has 2 aliphatic rings. The first-order valence-electron chi connectivity index (χ1n) is 9.96. The zero-order valence-electron chi connectivity index (χ0n) is 16.5. The van der Waals surface area contributed by atoms with Gasteiger partial charge in [0.1, 0.15) is 6.61 Å². The molecule has 6 nitrogen and oxygen atoms in total. The van der Waals surface area contributed by atoms with Gasteiger partial charge in [-0.1, -0.05) is 30.3 Å². The number of ether oxygens (including phenoxy) is 3. The number of methoxy groups -OCH3 is 2. The van der Waals surface area contributed by atoms with Gasteiger partial charge in [0.2, 0.25) is 0 Å². The van der Waals surface area contributed by atoms with Gasteiger partial charge in [0.15, 0.2) is 6.29 Å². The zero-order chi connectivity index (χ0) is 19.1. The first kappa shape index (κ1) is 20.1. The second-order valence-electron chi connectivity index (χ2n) is 7.47. The highest BCUT2D eigenvalue weighted by molar-refractivity contribution is 5.67. The third-order valence-corrected chi connectivity index (χ3v) is 5.87. The summed E-state index contributed by atoms with van der Waals surface area (Å²) >= 11 is 0. The van der Waals surface area contributed by atoms with Crippen molar-refractivity contribution in [2.45, 2.75) is 44.6 Å². The Hall–Kier alpha value is -1.63. The summed E-state index contributed by atoms with van der Waals surface area (Å²) < 4.78 is 16.3. The summed E-state index contributed by atoms with van der Waals surface area (Å²) in [5.74, 6) is 0.476. The topological polar surface area (TPSA) is 51.2 Å². The van der Waals surface area contributed by atoms with Crippen molar-refractivity contribution in [2.75, 3.05) is 40.4 Å². The quantitative estimate of drug-likeness (QED) is 0.714. The molecule has 0 spiro atoms. The second-order valence-corrected chi connectivity index (χ2v) is 7.47. The van der Waals surface area contributed by atoms with E-state index in [1.165, 1.54) is 0 Å². The summed E-state index contributed by atoms with van der Waals surface area (Å²) in [6.07, 6.45) is 3.95. The predicted molar refractivity (Wildman–Crippen MR) is 103 cm³/mol. The number of nitrogens with zero attached hydrogens (tertiary/aromatic N) is 2. The molecule has 2 heterocycles. The highest BCUT2D eigenvalue weighted by Crippen LogP contribution is 2.27. The molecule has 6 heteroatoms. The number of hydrogen-bond acceptors (Lipinski definition) is 5. The van der Waals surface area contributed by atoms with Crippen molar-refractivity contribution < 1.29 is 19.0 Å². The van der Waals surface area contributed by atoms with Crippen LogP contribution < -0.4 is 0 Å². The molecule has 3 rings (SSSR count). The van der Waals surface area contributed by atoms with Crippen molar-refractivity contribution in [2.24, 2.45) is 5.92 Å². The van der Waals surface area contributed by atoms with Crippen LogP contribution in [-0.2, 0) is 20.8 Å². The fourth-order valence-corrected chi connectivity index (χ4v) is 4.26. The van der Waals surface area contributed by atoms with Crippen LogP contribution in [0.4, 0.5) is 4.79 Å². The van der Waals surface area contributed by atoms with Crippen molar-refractivity contribution in [1.82, 2.24) is 9.80 Å². The molecule has 27 heavy (non-hydrogen) atoms. The first-order valence-corrected chi connectivity index (χ1v) is 9.96. The van der Waals surface area contributed by atoms with E-state index in [0.717, 1.165) is 57.4 Å². The van der Waals surface area contributed by atoms with Crippen molar-refractivity contribution in [1.29, 1.82) is 0 Å². The van der Waals surface area contributed by atoms with Crippen molar-refractivity contribution in [3.63, 3.8) is 0 Å². The Labute approximate surface area is 162 Å². The van der Waals surface area contributed by atoms with Gasteiger partial charge in [-0.25, -0.2) is 4.79 Å². The average Bonchev–Trinajstić information content (AvgIpc) is 2.74. The van der Waals surface area contributed by atoms with Crippen LogP contribution in [0.25, 0.3) is 0 Å². The Bertz CT molecular complexity index is 563. The fourth-order valence-electron chi connectivity index (χ4n) is 4.26. The minimum atomic E-state index is -0.195. The Morgan fingerprint density at radius 1 is 1.00 bits per heavy atom. The zero-order valence-corrected chi connectivity index (χ0v) is 16.5. The van der Waals surface area contributed by atoms with Gasteiger partial charge in [0.25, 0.3) is 0 Å². The number of benzene rings is 1. The van der Waals surface area contributed by atoms with E-state index in [2.05, 4.69) is 4.90 Å². The van der Waals surface area contributed by atoms with Gasteiger partial charge >= 0.3 is 6.09 Å². The first-order chi connectivity index (χ1) is 13.2. The molecule has 0 aromatic heterocycles. The van der Waals surface area contributed by atoms with Crippen LogP contribution in [0.5, 0.6) is 0 Å². The van der Waals surface area contributed by atoms with Gasteiger partial charge in [-0.3, -0.25) is 0 Å². The number of carbonyl (C=O) groups is 1. The molecule has 0 unspecified atom stereocenters. The summed E-state index contributed by atoms with van der Waals surface area (Å²) in [6, 6.07) is 10.4. The third kappa shape index (κ3) is 5.43. The Kier molecular flexibility index (Phi) is 7.50. The monoisotopic (exact) mass is 376 g/mol. The number of rotatable bonds is 6. The molecule has 1 amide bonds. The van der Waals surface area contributed by atoms with Crippen molar-refractivity contribution >= 4 is 6.09 Å². The lowest BCUT2D eigenvalue weighted by Crippen LogP contribution is -2.50. The molecule has 1 aromatic rings. The lowest BCUT2D eigenvalue weighted by atomic mass is 9.93. The van der Waals surface area contributed by atoms with Gasteiger partial charge in [-0.05, 0) is 44.3 Å². The van der Waals surface area contributed by atoms with Gasteiger partial charge in [-0.15, -0.1) is 0 Å². The SMILES string of the molecule is COC(OC)C1CCN(C2CCN(C(=O)OCc3ccccc3)CC2)CC1. The van der Waals surface area contributed by atoms with Gasteiger partial charge in [0, 0.05) is 39.3 Å². The summed E-state index contributed by atoms with van der Waals surface area (Å²) in [6.45, 7) is 4.05. The van der Waals surface area contributed by atoms with E-state index >= 15 is 0 Å². The molecule has 1 aromatic carbocycles. The van der Waals surface area contributed by atoms with Crippen molar-refractivity contribution in [3.8, 4) is 0 Å². The number of carbonyl (C=O) groups excluding carboxylic acids is 1. The lowest BCUT2D eigenvalue weighted by molar-refractivity contribution is -0.148. The highest BCUT2D eigenvalue weighted by atomic mass is 16.7. The molecule has 0 bridgehead atoms. The molecule has 0 saturated carbocycles. The maximum atomic E-state index is 12.3. The average molecular weight is 376 g/mol. The largest absolute Gasteiger partial charge is 0.445 e. The van der Waals surface area contributed by atoms with E-state index in [0.29, 0.717) is 18.6 Å². The maximum Gasteiger partial charge on any atom is 0.410 e.